The lowest BCUT2D eigenvalue weighted by molar-refractivity contribution is 0.287. The summed E-state index contributed by atoms with van der Waals surface area (Å²) < 4.78 is 43.6. The van der Waals surface area contributed by atoms with Crippen molar-refractivity contribution in [1.82, 2.24) is 15.1 Å². The van der Waals surface area contributed by atoms with E-state index in [0.717, 1.165) is 19.3 Å². The number of halogens is 2. The van der Waals surface area contributed by atoms with E-state index in [0.29, 0.717) is 6.04 Å². The number of hydrogen-bond acceptors (Lipinski definition) is 3. The molecular formula is C39H53BrClN3. The van der Waals surface area contributed by atoms with Crippen LogP contribution in [0.15, 0.2) is 91.0 Å². The molecule has 0 bridgehead atoms. The highest BCUT2D eigenvalue weighted by atomic mass is 79.9. The third-order valence-electron chi connectivity index (χ3n) is 6.48. The highest BCUT2D eigenvalue weighted by Crippen LogP contribution is 2.07. The van der Waals surface area contributed by atoms with Crippen molar-refractivity contribution in [1.29, 1.82) is 0 Å². The molecule has 0 amide bonds. The highest BCUT2D eigenvalue weighted by molar-refractivity contribution is 9.09. The van der Waals surface area contributed by atoms with Crippen molar-refractivity contribution in [3.05, 3.63) is 108 Å². The Morgan fingerprint density at radius 3 is 1.20 bits per heavy atom. The molecule has 5 heteroatoms. The second-order valence-corrected chi connectivity index (χ2v) is 10.3. The van der Waals surface area contributed by atoms with Gasteiger partial charge in [0.05, 0.1) is 26.5 Å². The van der Waals surface area contributed by atoms with Crippen LogP contribution in [-0.4, -0.2) is 67.3 Å². The standard InChI is InChI=1S/2C13H17N.C10H15N.C3H3Br.ClH/c2*1-4-10-14(3)12(2)11-13-8-6-5-7-9-13;1-9(11-2)8-10-6-4-3-5-7-10;1-2-3-4;/h2*1,5-9,12H,10-11H2,2-3H3;3-7,9,11H,8H2,1-2H3;1H,3H2;1H/t2*12-;9-;;/m111../s1/i2*10D2;;3D2;. The molecule has 0 aliphatic rings. The first-order chi connectivity index (χ1) is 22.8. The van der Waals surface area contributed by atoms with E-state index in [4.69, 9.17) is 21.1 Å². The number of alkyl halides is 1. The molecule has 238 valence electrons. The SMILES string of the molecule is CN[C@H](C)Cc1ccccc1.Cl.[2H]C([2H])(Br)C#C.[2H]C([2H])(C#C)N(C)[C@H](C)Cc1ccccc1.[2H]C([2H])(C#C)N(C)[C@H](C)Cc1ccccc1. The molecule has 1 N–H and O–H groups in total. The molecule has 0 saturated heterocycles. The van der Waals surface area contributed by atoms with E-state index in [2.05, 4.69) is 70.7 Å². The van der Waals surface area contributed by atoms with Gasteiger partial charge in [-0.15, -0.1) is 31.7 Å². The fourth-order valence-electron chi connectivity index (χ4n) is 3.68. The molecule has 0 unspecified atom stereocenters. The van der Waals surface area contributed by atoms with Crippen molar-refractivity contribution in [2.24, 2.45) is 0 Å². The number of nitrogens with zero attached hydrogens (tertiary/aromatic N) is 2. The van der Waals surface area contributed by atoms with Crippen molar-refractivity contribution in [3.63, 3.8) is 0 Å². The van der Waals surface area contributed by atoms with Gasteiger partial charge in [0, 0.05) is 18.1 Å². The first-order valence-corrected chi connectivity index (χ1v) is 15.0. The zero-order valence-electron chi connectivity index (χ0n) is 32.9. The van der Waals surface area contributed by atoms with Crippen LogP contribution < -0.4 is 5.32 Å². The largest absolute Gasteiger partial charge is 0.317 e. The Hall–Kier alpha value is -3.01. The van der Waals surface area contributed by atoms with Crippen LogP contribution >= 0.6 is 28.3 Å². The van der Waals surface area contributed by atoms with Crippen molar-refractivity contribution in [2.75, 3.05) is 39.4 Å². The second-order valence-electron chi connectivity index (χ2n) is 9.93. The van der Waals surface area contributed by atoms with Gasteiger partial charge in [0.2, 0.25) is 0 Å². The first-order valence-electron chi connectivity index (χ1n) is 17.2. The van der Waals surface area contributed by atoms with Crippen LogP contribution in [-0.2, 0) is 19.3 Å². The second kappa shape index (κ2) is 28.7. The Morgan fingerprint density at radius 1 is 0.659 bits per heavy atom. The molecular weight excluding hydrogens is 626 g/mol. The van der Waals surface area contributed by atoms with Crippen LogP contribution in [0.1, 0.15) is 45.7 Å². The lowest BCUT2D eigenvalue weighted by Gasteiger charge is -2.22. The summed E-state index contributed by atoms with van der Waals surface area (Å²) in [5.74, 6) is 6.19. The monoisotopic (exact) mass is 683 g/mol. The summed E-state index contributed by atoms with van der Waals surface area (Å²) in [5.41, 5.74) is 3.78. The number of benzene rings is 3. The molecule has 3 aromatic rings. The lowest BCUT2D eigenvalue weighted by Crippen LogP contribution is -2.31. The van der Waals surface area contributed by atoms with Gasteiger partial charge in [0.25, 0.3) is 0 Å². The fraction of sp³-hybridized carbons (Fsp3) is 0.385. The average molecular weight is 685 g/mol. The number of terminal acetylenes is 3. The van der Waals surface area contributed by atoms with Crippen LogP contribution in [0.3, 0.4) is 0 Å². The maximum atomic E-state index is 7.63. The predicted molar refractivity (Wildman–Crippen MR) is 201 cm³/mol. The molecule has 44 heavy (non-hydrogen) atoms. The molecule has 3 rings (SSSR count). The summed E-state index contributed by atoms with van der Waals surface area (Å²) in [6.45, 7) is 2.76. The topological polar surface area (TPSA) is 18.5 Å². The summed E-state index contributed by atoms with van der Waals surface area (Å²) in [5, 5.41) is 1.60. The molecule has 0 aliphatic carbocycles. The molecule has 3 atom stereocenters. The van der Waals surface area contributed by atoms with Crippen LogP contribution in [0.2, 0.25) is 0 Å². The van der Waals surface area contributed by atoms with E-state index in [1.807, 2.05) is 93.5 Å². The van der Waals surface area contributed by atoms with E-state index in [1.54, 1.807) is 23.9 Å². The lowest BCUT2D eigenvalue weighted by atomic mass is 10.1. The Kier molecular flexibility index (Phi) is 21.2. The van der Waals surface area contributed by atoms with Crippen LogP contribution in [0.5, 0.6) is 0 Å². The predicted octanol–water partition coefficient (Wildman–Crippen LogP) is 7.64. The molecule has 0 spiro atoms. The maximum absolute atomic E-state index is 7.63. The number of hydrogen-bond donors (Lipinski definition) is 1. The van der Waals surface area contributed by atoms with Gasteiger partial charge in [-0.2, -0.15) is 0 Å². The number of nitrogens with one attached hydrogen (secondary N) is 1. The first kappa shape index (κ1) is 32.4. The number of rotatable bonds is 11. The minimum atomic E-state index is -1.69. The number of likely N-dealkylation sites (N-methyl/N-ethyl adjacent to an activating group) is 3. The minimum absolute atomic E-state index is 0. The quantitative estimate of drug-likeness (QED) is 0.166. The summed E-state index contributed by atoms with van der Waals surface area (Å²) in [6.07, 6.45) is 17.7. The van der Waals surface area contributed by atoms with Crippen LogP contribution in [0, 0.1) is 37.0 Å². The molecule has 0 radical (unpaired) electrons. The fourth-order valence-corrected chi connectivity index (χ4v) is 3.68. The van der Waals surface area contributed by atoms with Gasteiger partial charge in [-0.25, -0.2) is 0 Å². The Bertz CT molecular complexity index is 1360. The molecule has 0 aromatic heterocycles. The zero-order chi connectivity index (χ0) is 37.7. The summed E-state index contributed by atoms with van der Waals surface area (Å²) in [7, 11) is 5.43. The molecule has 3 nitrogen and oxygen atoms in total. The molecule has 0 aliphatic heterocycles. The zero-order valence-corrected chi connectivity index (χ0v) is 29.3. The van der Waals surface area contributed by atoms with Gasteiger partial charge in [-0.3, -0.25) is 9.80 Å². The summed E-state index contributed by atoms with van der Waals surface area (Å²) >= 11 is 2.57. The van der Waals surface area contributed by atoms with E-state index in [9.17, 15) is 0 Å². The Labute approximate surface area is 293 Å². The van der Waals surface area contributed by atoms with Gasteiger partial charge in [0.15, 0.2) is 0 Å². The third-order valence-corrected chi connectivity index (χ3v) is 6.71. The maximum Gasteiger partial charge on any atom is 0.0642 e. The van der Waals surface area contributed by atoms with Crippen LogP contribution in [0.25, 0.3) is 0 Å². The van der Waals surface area contributed by atoms with E-state index in [-0.39, 0.29) is 24.5 Å². The van der Waals surface area contributed by atoms with Gasteiger partial charge in [-0.1, -0.05) is 125 Å². The smallest absolute Gasteiger partial charge is 0.0642 e. The summed E-state index contributed by atoms with van der Waals surface area (Å²) in [6, 6.07) is 31.3. The molecule has 0 saturated carbocycles. The molecule has 0 fully saturated rings. The van der Waals surface area contributed by atoms with E-state index in [1.165, 1.54) is 16.7 Å². The van der Waals surface area contributed by atoms with Gasteiger partial charge < -0.3 is 5.32 Å². The highest BCUT2D eigenvalue weighted by Gasteiger charge is 2.08. The van der Waals surface area contributed by atoms with E-state index < -0.39 is 18.3 Å². The van der Waals surface area contributed by atoms with Crippen LogP contribution in [0.4, 0.5) is 0 Å². The van der Waals surface area contributed by atoms with Gasteiger partial charge >= 0.3 is 0 Å². The molecule has 0 heterocycles. The van der Waals surface area contributed by atoms with Gasteiger partial charge in [0.1, 0.15) is 0 Å². The normalized spacial score (nSPS) is 14.6. The van der Waals surface area contributed by atoms with Crippen molar-refractivity contribution < 1.29 is 8.22 Å². The van der Waals surface area contributed by atoms with Crippen molar-refractivity contribution in [2.45, 2.75) is 58.2 Å². The van der Waals surface area contributed by atoms with E-state index >= 15 is 0 Å². The van der Waals surface area contributed by atoms with Crippen molar-refractivity contribution in [3.8, 4) is 37.0 Å². The van der Waals surface area contributed by atoms with Crippen molar-refractivity contribution >= 4 is 28.3 Å². The third kappa shape index (κ3) is 22.5. The minimum Gasteiger partial charge on any atom is -0.317 e. The summed E-state index contributed by atoms with van der Waals surface area (Å²) in [4.78, 5) is 3.17. The Morgan fingerprint density at radius 2 is 0.955 bits per heavy atom. The Balaban J connectivity index is 0. The molecule has 3 aromatic carbocycles. The average Bonchev–Trinajstić information content (AvgIpc) is 3.09. The van der Waals surface area contributed by atoms with Gasteiger partial charge in [-0.05, 0) is 77.9 Å².